The van der Waals surface area contributed by atoms with E-state index in [1.807, 2.05) is 47.0 Å². The van der Waals surface area contributed by atoms with Gasteiger partial charge in [-0.1, -0.05) is 44.2 Å². The van der Waals surface area contributed by atoms with E-state index < -0.39 is 12.0 Å². The largest absolute Gasteiger partial charge is 0.493 e. The average Bonchev–Trinajstić information content (AvgIpc) is 3.12. The van der Waals surface area contributed by atoms with Gasteiger partial charge in [0.25, 0.3) is 0 Å². The van der Waals surface area contributed by atoms with Crippen molar-refractivity contribution in [1.29, 1.82) is 0 Å². The molecule has 6 nitrogen and oxygen atoms in total. The van der Waals surface area contributed by atoms with Crippen molar-refractivity contribution in [1.82, 2.24) is 9.55 Å². The van der Waals surface area contributed by atoms with Crippen molar-refractivity contribution in [2.45, 2.75) is 45.6 Å². The van der Waals surface area contributed by atoms with Gasteiger partial charge in [-0.2, -0.15) is 0 Å². The minimum absolute atomic E-state index is 0.350. The van der Waals surface area contributed by atoms with Crippen LogP contribution in [0.2, 0.25) is 0 Å². The number of nitrogens with zero attached hydrogens (tertiary/aromatic N) is 2. The standard InChI is InChI=1S/C26H30N2O4/c1-16(2)13-21-24(17-9-6-5-7-10-17)27-25-19-15-23(32-4)22(31-3)14-18(19)11-8-12-20(26(29)30)28(21)25/h5-7,9-10,14-16,20H,8,11-13H2,1-4H3,(H,29,30). The third-order valence-corrected chi connectivity index (χ3v) is 6.03. The fraction of sp³-hybridized carbons (Fsp3) is 0.385. The van der Waals surface area contributed by atoms with E-state index in [1.54, 1.807) is 14.2 Å². The van der Waals surface area contributed by atoms with E-state index in [-0.39, 0.29) is 0 Å². The SMILES string of the molecule is COc1cc2c(cc1OC)-c1nc(-c3ccccc3)c(CC(C)C)n1C(C(=O)O)CCC2. The number of carboxylic acid groups (broad SMARTS) is 1. The normalized spacial score (nSPS) is 15.5. The number of methoxy groups -OCH3 is 2. The zero-order valence-corrected chi connectivity index (χ0v) is 19.1. The van der Waals surface area contributed by atoms with Crippen molar-refractivity contribution in [2.75, 3.05) is 14.2 Å². The minimum atomic E-state index is -0.822. The van der Waals surface area contributed by atoms with E-state index in [1.165, 1.54) is 0 Å². The van der Waals surface area contributed by atoms with Gasteiger partial charge in [-0.05, 0) is 49.3 Å². The first kappa shape index (κ1) is 21.9. The Labute approximate surface area is 188 Å². The number of carboxylic acids is 1. The number of aromatic nitrogens is 2. The molecule has 32 heavy (non-hydrogen) atoms. The van der Waals surface area contributed by atoms with Crippen LogP contribution >= 0.6 is 0 Å². The van der Waals surface area contributed by atoms with Gasteiger partial charge in [0.15, 0.2) is 11.5 Å². The fourth-order valence-corrected chi connectivity index (χ4v) is 4.59. The summed E-state index contributed by atoms with van der Waals surface area (Å²) in [6, 6.07) is 13.3. The van der Waals surface area contributed by atoms with E-state index in [0.717, 1.165) is 47.3 Å². The molecule has 3 aromatic rings. The summed E-state index contributed by atoms with van der Waals surface area (Å²) in [7, 11) is 3.24. The first-order chi connectivity index (χ1) is 15.4. The summed E-state index contributed by atoms with van der Waals surface area (Å²) in [6.45, 7) is 4.30. The molecule has 2 heterocycles. The predicted molar refractivity (Wildman–Crippen MR) is 124 cm³/mol. The lowest BCUT2D eigenvalue weighted by molar-refractivity contribution is -0.141. The van der Waals surface area contributed by atoms with Crippen molar-refractivity contribution >= 4 is 5.97 Å². The Morgan fingerprint density at radius 3 is 2.47 bits per heavy atom. The summed E-state index contributed by atoms with van der Waals surface area (Å²) in [4.78, 5) is 17.5. The van der Waals surface area contributed by atoms with Gasteiger partial charge < -0.3 is 19.1 Å². The van der Waals surface area contributed by atoms with Gasteiger partial charge in [-0.15, -0.1) is 0 Å². The molecule has 4 rings (SSSR count). The zero-order chi connectivity index (χ0) is 22.8. The summed E-state index contributed by atoms with van der Waals surface area (Å²) >= 11 is 0. The van der Waals surface area contributed by atoms with E-state index in [0.29, 0.717) is 29.7 Å². The molecule has 168 valence electrons. The molecule has 1 atom stereocenters. The molecule has 0 fully saturated rings. The molecule has 0 aliphatic carbocycles. The Kier molecular flexibility index (Phi) is 6.21. The second kappa shape index (κ2) is 9.07. The lowest BCUT2D eigenvalue weighted by atomic mass is 9.95. The lowest BCUT2D eigenvalue weighted by Crippen LogP contribution is -2.24. The van der Waals surface area contributed by atoms with Gasteiger partial charge in [0, 0.05) is 16.8 Å². The average molecular weight is 435 g/mol. The van der Waals surface area contributed by atoms with Crippen LogP contribution in [0.5, 0.6) is 11.5 Å². The minimum Gasteiger partial charge on any atom is -0.493 e. The van der Waals surface area contributed by atoms with Crippen molar-refractivity contribution in [3.63, 3.8) is 0 Å². The molecule has 6 heteroatoms. The van der Waals surface area contributed by atoms with Gasteiger partial charge >= 0.3 is 5.97 Å². The van der Waals surface area contributed by atoms with Crippen molar-refractivity contribution < 1.29 is 19.4 Å². The molecular formula is C26H30N2O4. The highest BCUT2D eigenvalue weighted by molar-refractivity contribution is 5.78. The number of aryl methyl sites for hydroxylation is 1. The van der Waals surface area contributed by atoms with Gasteiger partial charge in [-0.3, -0.25) is 0 Å². The topological polar surface area (TPSA) is 73.6 Å². The first-order valence-electron chi connectivity index (χ1n) is 11.1. The Morgan fingerprint density at radius 2 is 1.84 bits per heavy atom. The number of benzene rings is 2. The highest BCUT2D eigenvalue weighted by Gasteiger charge is 2.32. The molecule has 1 N–H and O–H groups in total. The van der Waals surface area contributed by atoms with Crippen LogP contribution in [-0.4, -0.2) is 34.8 Å². The van der Waals surface area contributed by atoms with Gasteiger partial charge in [0.2, 0.25) is 0 Å². The molecular weight excluding hydrogens is 404 g/mol. The van der Waals surface area contributed by atoms with E-state index in [9.17, 15) is 9.90 Å². The summed E-state index contributed by atoms with van der Waals surface area (Å²) in [5.41, 5.74) is 4.81. The Balaban J connectivity index is 2.06. The van der Waals surface area contributed by atoms with Crippen LogP contribution < -0.4 is 9.47 Å². The number of rotatable bonds is 6. The number of ether oxygens (including phenoxy) is 2. The first-order valence-corrected chi connectivity index (χ1v) is 11.1. The van der Waals surface area contributed by atoms with Crippen LogP contribution in [0.15, 0.2) is 42.5 Å². The van der Waals surface area contributed by atoms with Crippen molar-refractivity contribution in [2.24, 2.45) is 5.92 Å². The maximum absolute atomic E-state index is 12.4. The molecule has 0 spiro atoms. The molecule has 2 aromatic carbocycles. The monoisotopic (exact) mass is 434 g/mol. The molecule has 0 amide bonds. The van der Waals surface area contributed by atoms with Crippen LogP contribution in [0.3, 0.4) is 0 Å². The molecule has 1 aromatic heterocycles. The van der Waals surface area contributed by atoms with Crippen LogP contribution in [0.25, 0.3) is 22.6 Å². The second-order valence-electron chi connectivity index (χ2n) is 8.68. The highest BCUT2D eigenvalue weighted by atomic mass is 16.5. The number of carbonyl (C=O) groups is 1. The number of aliphatic carboxylic acids is 1. The molecule has 0 radical (unpaired) electrons. The summed E-state index contributed by atoms with van der Waals surface area (Å²) in [5, 5.41) is 10.2. The predicted octanol–water partition coefficient (Wildman–Crippen LogP) is 5.39. The number of fused-ring (bicyclic) bond motifs is 3. The zero-order valence-electron chi connectivity index (χ0n) is 19.1. The quantitative estimate of drug-likeness (QED) is 0.563. The number of hydrogen-bond acceptors (Lipinski definition) is 4. The third-order valence-electron chi connectivity index (χ3n) is 6.03. The van der Waals surface area contributed by atoms with E-state index in [2.05, 4.69) is 13.8 Å². The maximum atomic E-state index is 12.4. The summed E-state index contributed by atoms with van der Waals surface area (Å²) in [5.74, 6) is 1.49. The highest BCUT2D eigenvalue weighted by Crippen LogP contribution is 2.42. The van der Waals surface area contributed by atoms with Gasteiger partial charge in [-0.25, -0.2) is 9.78 Å². The fourth-order valence-electron chi connectivity index (χ4n) is 4.59. The number of hydrogen-bond donors (Lipinski definition) is 1. The maximum Gasteiger partial charge on any atom is 0.326 e. The Hall–Kier alpha value is -3.28. The molecule has 0 saturated carbocycles. The molecule has 1 unspecified atom stereocenters. The second-order valence-corrected chi connectivity index (χ2v) is 8.68. The number of imidazole rings is 1. The van der Waals surface area contributed by atoms with Crippen LogP contribution in [0.1, 0.15) is 44.0 Å². The molecule has 1 aliphatic rings. The smallest absolute Gasteiger partial charge is 0.326 e. The Bertz CT molecular complexity index is 1120. The third kappa shape index (κ3) is 3.97. The van der Waals surface area contributed by atoms with Crippen molar-refractivity contribution in [3.05, 3.63) is 53.7 Å². The molecule has 0 bridgehead atoms. The molecule has 1 aliphatic heterocycles. The van der Waals surface area contributed by atoms with E-state index >= 15 is 0 Å². The molecule has 0 saturated heterocycles. The van der Waals surface area contributed by atoms with Crippen LogP contribution in [0, 0.1) is 5.92 Å². The van der Waals surface area contributed by atoms with Gasteiger partial charge in [0.1, 0.15) is 11.9 Å². The van der Waals surface area contributed by atoms with Gasteiger partial charge in [0.05, 0.1) is 19.9 Å². The lowest BCUT2D eigenvalue weighted by Gasteiger charge is -2.25. The van der Waals surface area contributed by atoms with E-state index in [4.69, 9.17) is 14.5 Å². The summed E-state index contributed by atoms with van der Waals surface area (Å²) < 4.78 is 13.1. The van der Waals surface area contributed by atoms with Crippen LogP contribution in [-0.2, 0) is 17.6 Å². The van der Waals surface area contributed by atoms with Crippen molar-refractivity contribution in [3.8, 4) is 34.1 Å². The summed E-state index contributed by atoms with van der Waals surface area (Å²) in [6.07, 6.45) is 2.81. The van der Waals surface area contributed by atoms with Crippen LogP contribution in [0.4, 0.5) is 0 Å². The Morgan fingerprint density at radius 1 is 1.16 bits per heavy atom.